The van der Waals surface area contributed by atoms with Crippen molar-refractivity contribution in [1.29, 1.82) is 0 Å². The minimum absolute atomic E-state index is 0.136. The molecule has 310 valence electrons. The Morgan fingerprint density at radius 2 is 0.662 bits per heavy atom. The molecule has 10 bridgehead atoms. The van der Waals surface area contributed by atoms with Crippen LogP contribution >= 0.6 is 11.6 Å². The first-order chi connectivity index (χ1) is 31.9. The van der Waals surface area contributed by atoms with E-state index in [0.29, 0.717) is 73.3 Å². The van der Waals surface area contributed by atoms with Gasteiger partial charge in [-0.05, 0) is 167 Å². The van der Waals surface area contributed by atoms with Crippen molar-refractivity contribution in [1.82, 2.24) is 0 Å². The summed E-state index contributed by atoms with van der Waals surface area (Å²) in [6.45, 7) is 0. The van der Waals surface area contributed by atoms with E-state index in [9.17, 15) is 9.59 Å². The van der Waals surface area contributed by atoms with E-state index < -0.39 is 0 Å². The minimum Gasteiger partial charge on any atom is -0.457 e. The van der Waals surface area contributed by atoms with E-state index in [0.717, 1.165) is 43.8 Å². The zero-order valence-electron chi connectivity index (χ0n) is 34.5. The SMILES string of the molecule is O=C1c2ccc(cc2)Oc2ccc(c(-c3ccc(Cl)cc3)c2)Oc2ccc(cc2)C(=O)c2ccc(cc2)Oc2ccc3ccccc3c2-c2c(ccc3ccccc23)Oc2ccc1cc2. The number of rotatable bonds is 1. The third-order valence-electron chi connectivity index (χ3n) is 11.5. The zero-order chi connectivity index (χ0) is 43.9. The molecular weight excluding hydrogens is 828 g/mol. The van der Waals surface area contributed by atoms with Crippen LogP contribution in [0, 0.1) is 0 Å². The van der Waals surface area contributed by atoms with E-state index in [-0.39, 0.29) is 11.6 Å². The summed E-state index contributed by atoms with van der Waals surface area (Å²) in [7, 11) is 0. The van der Waals surface area contributed by atoms with Crippen molar-refractivity contribution in [2.45, 2.75) is 0 Å². The molecule has 0 unspecified atom stereocenters. The number of ketones is 2. The first-order valence-corrected chi connectivity index (χ1v) is 21.4. The topological polar surface area (TPSA) is 71.1 Å². The van der Waals surface area contributed by atoms with Crippen molar-refractivity contribution in [3.05, 3.63) is 240 Å². The third kappa shape index (κ3) is 7.84. The second-order valence-corrected chi connectivity index (χ2v) is 16.1. The van der Waals surface area contributed by atoms with Gasteiger partial charge in [0.2, 0.25) is 0 Å². The monoisotopic (exact) mass is 862 g/mol. The second-order valence-electron chi connectivity index (χ2n) is 15.6. The molecule has 0 spiro atoms. The molecule has 0 aromatic heterocycles. The summed E-state index contributed by atoms with van der Waals surface area (Å²) in [6, 6.07) is 65.9. The van der Waals surface area contributed by atoms with E-state index in [1.54, 1.807) is 72.8 Å². The number of carbonyl (C=O) groups excluding carboxylic acids is 2. The van der Waals surface area contributed by atoms with E-state index in [1.165, 1.54) is 0 Å². The molecule has 0 amide bonds. The van der Waals surface area contributed by atoms with Crippen LogP contribution in [-0.4, -0.2) is 11.6 Å². The lowest BCUT2D eigenvalue weighted by molar-refractivity contribution is 0.103. The third-order valence-corrected chi connectivity index (χ3v) is 11.8. The number of hydrogen-bond donors (Lipinski definition) is 0. The Labute approximate surface area is 379 Å². The predicted molar refractivity (Wildman–Crippen MR) is 257 cm³/mol. The zero-order valence-corrected chi connectivity index (χ0v) is 35.3. The first-order valence-electron chi connectivity index (χ1n) is 21.1. The summed E-state index contributed by atoms with van der Waals surface area (Å²) in [6.07, 6.45) is 0. The van der Waals surface area contributed by atoms with Gasteiger partial charge in [-0.2, -0.15) is 0 Å². The van der Waals surface area contributed by atoms with Gasteiger partial charge in [0.25, 0.3) is 0 Å². The Hall–Kier alpha value is -8.45. The Balaban J connectivity index is 1.02. The average Bonchev–Trinajstić information content (AvgIpc) is 3.35. The molecule has 8 aliphatic heterocycles. The summed E-state index contributed by atoms with van der Waals surface area (Å²) in [5, 5.41) is 4.63. The molecule has 7 heteroatoms. The number of ether oxygens (including phenoxy) is 4. The highest BCUT2D eigenvalue weighted by Gasteiger charge is 2.21. The van der Waals surface area contributed by atoms with Crippen LogP contribution in [0.25, 0.3) is 43.8 Å². The van der Waals surface area contributed by atoms with Crippen molar-refractivity contribution in [3.8, 4) is 68.2 Å². The molecule has 0 saturated carbocycles. The predicted octanol–water partition coefficient (Wildman–Crippen LogP) is 15.9. The summed E-state index contributed by atoms with van der Waals surface area (Å²) < 4.78 is 26.2. The summed E-state index contributed by atoms with van der Waals surface area (Å²) in [4.78, 5) is 27.6. The quantitative estimate of drug-likeness (QED) is 0.164. The van der Waals surface area contributed by atoms with E-state index >= 15 is 0 Å². The lowest BCUT2D eigenvalue weighted by Crippen LogP contribution is -2.01. The van der Waals surface area contributed by atoms with Gasteiger partial charge in [0.05, 0.1) is 0 Å². The molecule has 8 heterocycles. The molecule has 0 N–H and O–H groups in total. The van der Waals surface area contributed by atoms with Crippen molar-refractivity contribution in [3.63, 3.8) is 0 Å². The highest BCUT2D eigenvalue weighted by atomic mass is 35.5. The maximum absolute atomic E-state index is 13.8. The number of fused-ring (bicyclic) bond motifs is 3. The number of halogens is 1. The molecule has 6 nitrogen and oxygen atoms in total. The van der Waals surface area contributed by atoms with Gasteiger partial charge >= 0.3 is 0 Å². The lowest BCUT2D eigenvalue weighted by Gasteiger charge is -2.20. The van der Waals surface area contributed by atoms with E-state index in [4.69, 9.17) is 30.5 Å². The smallest absolute Gasteiger partial charge is 0.193 e. The van der Waals surface area contributed by atoms with E-state index in [1.807, 2.05) is 115 Å². The fourth-order valence-electron chi connectivity index (χ4n) is 8.25. The number of hydrogen-bond acceptors (Lipinski definition) is 6. The van der Waals surface area contributed by atoms with Crippen molar-refractivity contribution in [2.24, 2.45) is 0 Å². The molecule has 0 radical (unpaired) electrons. The Morgan fingerprint density at radius 1 is 0.308 bits per heavy atom. The standard InChI is InChI=1S/C58H35ClO6/c59-43-21-9-38(10-22-43)51-35-48-31-34-52(51)63-45-25-13-40(14-26-45)58(61)42-17-29-47(30-18-42)65-54-33-20-37-6-2-4-8-50(37)56(54)55-49-7-3-1-5-36(49)19-32-53(55)64-46-27-15-41(16-28-46)57(60)39-11-23-44(62-48)24-12-39/h1-35H. The van der Waals surface area contributed by atoms with Crippen LogP contribution in [-0.2, 0) is 0 Å². The Bertz CT molecular complexity index is 3430. The van der Waals surface area contributed by atoms with Gasteiger partial charge < -0.3 is 18.9 Å². The lowest BCUT2D eigenvalue weighted by atomic mass is 9.92. The molecule has 18 rings (SSSR count). The molecule has 10 aromatic rings. The van der Waals surface area contributed by atoms with Crippen LogP contribution in [0.3, 0.4) is 0 Å². The fourth-order valence-corrected chi connectivity index (χ4v) is 8.38. The van der Waals surface area contributed by atoms with Crippen LogP contribution in [0.15, 0.2) is 212 Å². The second kappa shape index (κ2) is 16.7. The van der Waals surface area contributed by atoms with Crippen molar-refractivity contribution < 1.29 is 28.5 Å². The maximum Gasteiger partial charge on any atom is 0.193 e. The highest BCUT2D eigenvalue weighted by molar-refractivity contribution is 6.30. The van der Waals surface area contributed by atoms with Crippen LogP contribution in [0.5, 0.6) is 46.0 Å². The van der Waals surface area contributed by atoms with Crippen LogP contribution in [0.1, 0.15) is 31.8 Å². The van der Waals surface area contributed by atoms with E-state index in [2.05, 4.69) is 24.3 Å². The molecule has 10 aromatic carbocycles. The van der Waals surface area contributed by atoms with Gasteiger partial charge in [-0.25, -0.2) is 0 Å². The van der Waals surface area contributed by atoms with Gasteiger partial charge in [-0.3, -0.25) is 9.59 Å². The minimum atomic E-state index is -0.138. The molecule has 0 aliphatic carbocycles. The Morgan fingerprint density at radius 3 is 1.11 bits per heavy atom. The molecule has 0 fully saturated rings. The molecule has 0 atom stereocenters. The largest absolute Gasteiger partial charge is 0.457 e. The van der Waals surface area contributed by atoms with Gasteiger partial charge in [0, 0.05) is 44.0 Å². The van der Waals surface area contributed by atoms with Crippen molar-refractivity contribution >= 4 is 44.7 Å². The Kier molecular flexibility index (Phi) is 10.1. The molecule has 65 heavy (non-hydrogen) atoms. The van der Waals surface area contributed by atoms with Gasteiger partial charge in [-0.15, -0.1) is 0 Å². The van der Waals surface area contributed by atoms with Crippen LogP contribution in [0.2, 0.25) is 5.02 Å². The first kappa shape index (κ1) is 39.4. The molecule has 0 saturated heterocycles. The average molecular weight is 863 g/mol. The molecular formula is C58H35ClO6. The van der Waals surface area contributed by atoms with Gasteiger partial charge in [-0.1, -0.05) is 84.4 Å². The highest BCUT2D eigenvalue weighted by Crippen LogP contribution is 2.48. The summed E-state index contributed by atoms with van der Waals surface area (Å²) in [5.41, 5.74) is 5.39. The number of carbonyl (C=O) groups is 2. The maximum atomic E-state index is 13.8. The summed E-state index contributed by atoms with van der Waals surface area (Å²) >= 11 is 6.26. The van der Waals surface area contributed by atoms with Gasteiger partial charge in [0.15, 0.2) is 11.6 Å². The summed E-state index contributed by atoms with van der Waals surface area (Å²) in [5.74, 6) is 4.34. The van der Waals surface area contributed by atoms with Crippen LogP contribution < -0.4 is 18.9 Å². The van der Waals surface area contributed by atoms with Crippen LogP contribution in [0.4, 0.5) is 0 Å². The molecule has 8 aliphatic rings. The van der Waals surface area contributed by atoms with Crippen molar-refractivity contribution in [2.75, 3.05) is 0 Å². The fraction of sp³-hybridized carbons (Fsp3) is 0. The normalized spacial score (nSPS) is 12.3. The number of benzene rings is 10. The van der Waals surface area contributed by atoms with Gasteiger partial charge in [0.1, 0.15) is 46.0 Å².